The first kappa shape index (κ1) is 18.0. The third-order valence-electron chi connectivity index (χ3n) is 4.28. The zero-order chi connectivity index (χ0) is 18.2. The zero-order valence-electron chi connectivity index (χ0n) is 13.1. The second-order valence-electron chi connectivity index (χ2n) is 6.17. The molecule has 4 nitrogen and oxygen atoms in total. The van der Waals surface area contributed by atoms with Gasteiger partial charge in [-0.15, -0.1) is 11.8 Å². The van der Waals surface area contributed by atoms with E-state index in [9.17, 15) is 27.2 Å². The normalized spacial score (nSPS) is 23.5. The lowest BCUT2D eigenvalue weighted by atomic mass is 10.0. The number of likely N-dealkylation sites (tertiary alicyclic amines) is 1. The highest BCUT2D eigenvalue weighted by molar-refractivity contribution is 7.99. The van der Waals surface area contributed by atoms with Gasteiger partial charge < -0.3 is 10.2 Å². The van der Waals surface area contributed by atoms with Crippen LogP contribution in [0.25, 0.3) is 0 Å². The summed E-state index contributed by atoms with van der Waals surface area (Å²) in [5.41, 5.74) is 0.668. The molecule has 2 aliphatic rings. The van der Waals surface area contributed by atoms with Crippen molar-refractivity contribution in [2.45, 2.75) is 30.0 Å². The highest BCUT2D eigenvalue weighted by atomic mass is 32.2. The average molecular weight is 376 g/mol. The molecular formula is C16H16F4N2O2S. The summed E-state index contributed by atoms with van der Waals surface area (Å²) in [4.78, 5) is 25.6. The number of fused-ring (bicyclic) bond motifs is 1. The fourth-order valence-electron chi connectivity index (χ4n) is 3.12. The van der Waals surface area contributed by atoms with Crippen molar-refractivity contribution in [2.24, 2.45) is 5.92 Å². The van der Waals surface area contributed by atoms with Gasteiger partial charge in [-0.1, -0.05) is 0 Å². The molecule has 2 unspecified atom stereocenters. The van der Waals surface area contributed by atoms with Gasteiger partial charge in [0.2, 0.25) is 11.8 Å². The largest absolute Gasteiger partial charge is 0.406 e. The number of carbonyl (C=O) groups excluding carboxylic acids is 2. The molecule has 0 aromatic heterocycles. The molecule has 0 bridgehead atoms. The van der Waals surface area contributed by atoms with Gasteiger partial charge in [0.1, 0.15) is 12.4 Å². The van der Waals surface area contributed by atoms with Crippen molar-refractivity contribution in [1.29, 1.82) is 0 Å². The topological polar surface area (TPSA) is 49.4 Å². The van der Waals surface area contributed by atoms with Gasteiger partial charge in [-0.2, -0.15) is 13.2 Å². The van der Waals surface area contributed by atoms with E-state index >= 15 is 0 Å². The maximum absolute atomic E-state index is 13.5. The van der Waals surface area contributed by atoms with Gasteiger partial charge in [-0.05, 0) is 30.2 Å². The molecule has 1 aromatic carbocycles. The fourth-order valence-corrected chi connectivity index (χ4v) is 4.23. The van der Waals surface area contributed by atoms with Crippen molar-refractivity contribution in [3.63, 3.8) is 0 Å². The fraction of sp³-hybridized carbons (Fsp3) is 0.500. The summed E-state index contributed by atoms with van der Waals surface area (Å²) >= 11 is 1.56. The number of thioether (sulfide) groups is 1. The number of benzene rings is 1. The predicted octanol–water partition coefficient (Wildman–Crippen LogP) is 2.89. The highest BCUT2D eigenvalue weighted by Gasteiger charge is 2.41. The summed E-state index contributed by atoms with van der Waals surface area (Å²) in [5, 5.41) is 2.77. The quantitative estimate of drug-likeness (QED) is 0.826. The number of nitrogens with zero attached hydrogens (tertiary/aromatic N) is 1. The standard InChI is InChI=1S/C16H16F4N2O2S/c17-10-1-2-13-11(6-10)12(3-4-25-13)21-15(24)9-5-14(23)22(7-9)8-16(18,19)20/h1-2,6,9,12H,3-5,7-8H2,(H,21,24). The van der Waals surface area contributed by atoms with Crippen LogP contribution in [0.15, 0.2) is 23.1 Å². The van der Waals surface area contributed by atoms with Crippen molar-refractivity contribution < 1.29 is 27.2 Å². The van der Waals surface area contributed by atoms with E-state index in [0.717, 1.165) is 10.6 Å². The third-order valence-corrected chi connectivity index (χ3v) is 5.41. The molecular weight excluding hydrogens is 360 g/mol. The molecule has 136 valence electrons. The van der Waals surface area contributed by atoms with Crippen LogP contribution in [0.1, 0.15) is 24.4 Å². The second-order valence-corrected chi connectivity index (χ2v) is 7.31. The molecule has 0 spiro atoms. The number of alkyl halides is 3. The van der Waals surface area contributed by atoms with E-state index in [4.69, 9.17) is 0 Å². The third kappa shape index (κ3) is 4.26. The molecule has 1 aromatic rings. The second kappa shape index (κ2) is 6.86. The number of carbonyl (C=O) groups is 2. The first-order valence-electron chi connectivity index (χ1n) is 7.80. The molecule has 1 saturated heterocycles. The first-order chi connectivity index (χ1) is 11.7. The van der Waals surface area contributed by atoms with Crippen molar-refractivity contribution >= 4 is 23.6 Å². The van der Waals surface area contributed by atoms with Crippen LogP contribution >= 0.6 is 11.8 Å². The minimum atomic E-state index is -4.49. The molecule has 1 fully saturated rings. The number of halogens is 4. The van der Waals surface area contributed by atoms with Gasteiger partial charge in [0.15, 0.2) is 0 Å². The Labute approximate surface area is 145 Å². The lowest BCUT2D eigenvalue weighted by Crippen LogP contribution is -2.38. The Hall–Kier alpha value is -1.77. The summed E-state index contributed by atoms with van der Waals surface area (Å²) in [5.74, 6) is -1.63. The van der Waals surface area contributed by atoms with E-state index in [2.05, 4.69) is 5.32 Å². The molecule has 0 saturated carbocycles. The zero-order valence-corrected chi connectivity index (χ0v) is 13.9. The molecule has 2 heterocycles. The summed E-state index contributed by atoms with van der Waals surface area (Å²) in [6.45, 7) is -1.59. The van der Waals surface area contributed by atoms with Crippen molar-refractivity contribution in [3.8, 4) is 0 Å². The maximum Gasteiger partial charge on any atom is 0.406 e. The van der Waals surface area contributed by atoms with Gasteiger partial charge in [0, 0.05) is 23.6 Å². The molecule has 2 atom stereocenters. The van der Waals surface area contributed by atoms with E-state index in [1.165, 1.54) is 12.1 Å². The molecule has 0 aliphatic carbocycles. The van der Waals surface area contributed by atoms with Crippen molar-refractivity contribution in [2.75, 3.05) is 18.8 Å². The van der Waals surface area contributed by atoms with Gasteiger partial charge in [-0.3, -0.25) is 9.59 Å². The van der Waals surface area contributed by atoms with Crippen LogP contribution < -0.4 is 5.32 Å². The van der Waals surface area contributed by atoms with Gasteiger partial charge in [-0.25, -0.2) is 4.39 Å². The molecule has 1 N–H and O–H groups in total. The Balaban J connectivity index is 1.66. The van der Waals surface area contributed by atoms with E-state index in [1.54, 1.807) is 17.8 Å². The first-order valence-corrected chi connectivity index (χ1v) is 8.78. The van der Waals surface area contributed by atoms with Crippen LogP contribution in [0.3, 0.4) is 0 Å². The summed E-state index contributed by atoms with van der Waals surface area (Å²) < 4.78 is 50.8. The Morgan fingerprint density at radius 2 is 2.12 bits per heavy atom. The van der Waals surface area contributed by atoms with E-state index in [1.807, 2.05) is 0 Å². The van der Waals surface area contributed by atoms with Crippen LogP contribution in [0.4, 0.5) is 17.6 Å². The average Bonchev–Trinajstić information content (AvgIpc) is 2.87. The lowest BCUT2D eigenvalue weighted by molar-refractivity contribution is -0.157. The Kier molecular flexibility index (Phi) is 4.95. The van der Waals surface area contributed by atoms with Crippen molar-refractivity contribution in [3.05, 3.63) is 29.6 Å². The van der Waals surface area contributed by atoms with Gasteiger partial charge in [0.05, 0.1) is 12.0 Å². The van der Waals surface area contributed by atoms with Crippen LogP contribution in [-0.4, -0.2) is 41.7 Å². The van der Waals surface area contributed by atoms with E-state index in [-0.39, 0.29) is 13.0 Å². The van der Waals surface area contributed by atoms with Crippen LogP contribution in [0.2, 0.25) is 0 Å². The molecule has 25 heavy (non-hydrogen) atoms. The number of nitrogens with one attached hydrogen (secondary N) is 1. The molecule has 9 heteroatoms. The van der Waals surface area contributed by atoms with E-state index in [0.29, 0.717) is 16.9 Å². The SMILES string of the molecule is O=C(NC1CCSc2ccc(F)cc21)C1CC(=O)N(CC(F)(F)F)C1. The van der Waals surface area contributed by atoms with Crippen molar-refractivity contribution in [1.82, 2.24) is 10.2 Å². The molecule has 0 radical (unpaired) electrons. The maximum atomic E-state index is 13.5. The minimum absolute atomic E-state index is 0.237. The smallest absolute Gasteiger partial charge is 0.349 e. The predicted molar refractivity (Wildman–Crippen MR) is 83.4 cm³/mol. The van der Waals surface area contributed by atoms with E-state index < -0.39 is 42.3 Å². The number of hydrogen-bond donors (Lipinski definition) is 1. The van der Waals surface area contributed by atoms with Crippen LogP contribution in [-0.2, 0) is 9.59 Å². The Bertz CT molecular complexity index is 695. The number of rotatable bonds is 3. The molecule has 2 aliphatic heterocycles. The van der Waals surface area contributed by atoms with Crippen LogP contribution in [0.5, 0.6) is 0 Å². The summed E-state index contributed by atoms with van der Waals surface area (Å²) in [6, 6.07) is 3.96. The monoisotopic (exact) mass is 376 g/mol. The summed E-state index contributed by atoms with van der Waals surface area (Å²) in [7, 11) is 0. The highest BCUT2D eigenvalue weighted by Crippen LogP contribution is 2.37. The molecule has 3 rings (SSSR count). The number of amides is 2. The number of hydrogen-bond acceptors (Lipinski definition) is 3. The Morgan fingerprint density at radius 3 is 2.84 bits per heavy atom. The summed E-state index contributed by atoms with van der Waals surface area (Å²) in [6.07, 6.45) is -4.13. The van der Waals surface area contributed by atoms with Crippen LogP contribution in [0, 0.1) is 11.7 Å². The lowest BCUT2D eigenvalue weighted by Gasteiger charge is -2.27. The van der Waals surface area contributed by atoms with Gasteiger partial charge >= 0.3 is 6.18 Å². The van der Waals surface area contributed by atoms with Gasteiger partial charge in [0.25, 0.3) is 0 Å². The minimum Gasteiger partial charge on any atom is -0.349 e. The Morgan fingerprint density at radius 1 is 1.36 bits per heavy atom. The molecule has 2 amide bonds.